The van der Waals surface area contributed by atoms with Gasteiger partial charge in [0.05, 0.1) is 17.1 Å². The van der Waals surface area contributed by atoms with E-state index in [1.165, 1.54) is 36.2 Å². The molecule has 2 heterocycles. The second kappa shape index (κ2) is 10.1. The first-order valence-corrected chi connectivity index (χ1v) is 11.9. The zero-order valence-electron chi connectivity index (χ0n) is 21.4. The molecule has 0 saturated carbocycles. The molecule has 192 valence electrons. The number of nitrogens with one attached hydrogen (secondary N) is 1. The van der Waals surface area contributed by atoms with E-state index in [0.29, 0.717) is 11.4 Å². The van der Waals surface area contributed by atoms with Crippen LogP contribution >= 0.6 is 0 Å². The molecule has 1 aliphatic heterocycles. The molecule has 9 heteroatoms. The number of hydrogen-bond acceptors (Lipinski definition) is 5. The van der Waals surface area contributed by atoms with Crippen molar-refractivity contribution in [3.05, 3.63) is 71.9 Å². The van der Waals surface area contributed by atoms with Crippen molar-refractivity contribution in [1.82, 2.24) is 4.98 Å². The minimum absolute atomic E-state index is 0.193. The second-order valence-electron chi connectivity index (χ2n) is 9.22. The zero-order valence-corrected chi connectivity index (χ0v) is 21.4. The third-order valence-corrected chi connectivity index (χ3v) is 6.36. The number of hydrazone groups is 1. The van der Waals surface area contributed by atoms with E-state index < -0.39 is 23.7 Å². The molecule has 37 heavy (non-hydrogen) atoms. The molecule has 0 fully saturated rings. The second-order valence-corrected chi connectivity index (χ2v) is 9.22. The zero-order chi connectivity index (χ0) is 26.9. The van der Waals surface area contributed by atoms with Gasteiger partial charge in [-0.3, -0.25) is 14.6 Å². The summed E-state index contributed by atoms with van der Waals surface area (Å²) in [6.07, 6.45) is 1.35. The van der Waals surface area contributed by atoms with Crippen LogP contribution in [0.3, 0.4) is 0 Å². The topological polar surface area (TPSA) is 77.9 Å². The van der Waals surface area contributed by atoms with Crippen LogP contribution in [-0.2, 0) is 15.5 Å². The van der Waals surface area contributed by atoms with Crippen molar-refractivity contribution >= 4 is 34.6 Å². The Hall–Kier alpha value is -4.14. The number of aromatic nitrogens is 1. The van der Waals surface area contributed by atoms with E-state index in [1.807, 2.05) is 50.2 Å². The number of nitrogens with zero attached hydrogens (tertiary/aromatic N) is 4. The van der Waals surface area contributed by atoms with E-state index in [1.54, 1.807) is 19.2 Å². The lowest BCUT2D eigenvalue weighted by Crippen LogP contribution is -2.36. The Morgan fingerprint density at radius 2 is 1.86 bits per heavy atom. The standard InChI is InChI=1S/C28H29F2N5O2/c1-6-28(29,30)19-10-7-11-20(15-19)32-26(36)24-18(3)33-35(27(24)37)21-12-13-23(34(4)5)22(16-21)25-17(2)9-8-14-31-25/h7-16,24H,6H2,1-5H3,(H,32,36). The molecule has 7 nitrogen and oxygen atoms in total. The number of carbonyl (C=O) groups is 2. The molecule has 0 radical (unpaired) electrons. The Balaban J connectivity index is 1.62. The fraction of sp³-hybridized carbons (Fsp3) is 0.286. The van der Waals surface area contributed by atoms with Crippen molar-refractivity contribution in [3.8, 4) is 11.3 Å². The number of carbonyl (C=O) groups excluding carboxylic acids is 2. The Morgan fingerprint density at radius 1 is 1.11 bits per heavy atom. The van der Waals surface area contributed by atoms with Crippen LogP contribution in [0.5, 0.6) is 0 Å². The number of aryl methyl sites for hydroxylation is 1. The molecule has 4 rings (SSSR count). The highest BCUT2D eigenvalue weighted by Crippen LogP contribution is 2.36. The molecule has 0 spiro atoms. The third kappa shape index (κ3) is 5.07. The van der Waals surface area contributed by atoms with Gasteiger partial charge in [0.15, 0.2) is 5.92 Å². The maximum Gasteiger partial charge on any atom is 0.273 e. The van der Waals surface area contributed by atoms with Gasteiger partial charge in [0.25, 0.3) is 11.8 Å². The van der Waals surface area contributed by atoms with Gasteiger partial charge in [0.2, 0.25) is 5.91 Å². The normalized spacial score (nSPS) is 15.5. The molecule has 0 bridgehead atoms. The molecule has 2 amide bonds. The number of alkyl halides is 2. The van der Waals surface area contributed by atoms with Gasteiger partial charge in [0, 0.05) is 49.2 Å². The van der Waals surface area contributed by atoms with Crippen LogP contribution in [0.4, 0.5) is 25.8 Å². The average molecular weight is 506 g/mol. The first kappa shape index (κ1) is 25.9. The predicted molar refractivity (Wildman–Crippen MR) is 142 cm³/mol. The van der Waals surface area contributed by atoms with Crippen LogP contribution in [0.25, 0.3) is 11.3 Å². The van der Waals surface area contributed by atoms with E-state index in [2.05, 4.69) is 15.4 Å². The van der Waals surface area contributed by atoms with Crippen LogP contribution in [0.1, 0.15) is 31.4 Å². The summed E-state index contributed by atoms with van der Waals surface area (Å²) in [4.78, 5) is 32.9. The van der Waals surface area contributed by atoms with Crippen molar-refractivity contribution in [2.45, 2.75) is 33.1 Å². The summed E-state index contributed by atoms with van der Waals surface area (Å²) < 4.78 is 28.2. The molecule has 0 aliphatic carbocycles. The molecule has 1 N–H and O–H groups in total. The number of halogens is 2. The van der Waals surface area contributed by atoms with Crippen LogP contribution in [0, 0.1) is 12.8 Å². The van der Waals surface area contributed by atoms with Gasteiger partial charge in [-0.2, -0.15) is 10.1 Å². The Bertz CT molecular complexity index is 1390. The van der Waals surface area contributed by atoms with Crippen LogP contribution in [0.15, 0.2) is 65.9 Å². The summed E-state index contributed by atoms with van der Waals surface area (Å²) in [6.45, 7) is 4.95. The third-order valence-electron chi connectivity index (χ3n) is 6.36. The van der Waals surface area contributed by atoms with Crippen LogP contribution < -0.4 is 15.2 Å². The number of benzene rings is 2. The molecular formula is C28H29F2N5O2. The number of amides is 2. The van der Waals surface area contributed by atoms with Gasteiger partial charge in [-0.15, -0.1) is 0 Å². The Morgan fingerprint density at radius 3 is 2.54 bits per heavy atom. The van der Waals surface area contributed by atoms with Gasteiger partial charge in [-0.1, -0.05) is 25.1 Å². The minimum Gasteiger partial charge on any atom is -0.377 e. The lowest BCUT2D eigenvalue weighted by atomic mass is 10.0. The highest BCUT2D eigenvalue weighted by Gasteiger charge is 2.40. The maximum atomic E-state index is 14.1. The first-order chi connectivity index (χ1) is 17.5. The van der Waals surface area contributed by atoms with E-state index in [9.17, 15) is 18.4 Å². The van der Waals surface area contributed by atoms with Gasteiger partial charge in [-0.05, 0) is 55.8 Å². The van der Waals surface area contributed by atoms with Crippen molar-refractivity contribution in [1.29, 1.82) is 0 Å². The minimum atomic E-state index is -3.01. The number of anilines is 3. The molecule has 1 aromatic heterocycles. The lowest BCUT2D eigenvalue weighted by Gasteiger charge is -2.21. The maximum absolute atomic E-state index is 14.1. The molecule has 3 aromatic rings. The smallest absolute Gasteiger partial charge is 0.273 e. The fourth-order valence-corrected chi connectivity index (χ4v) is 4.30. The summed E-state index contributed by atoms with van der Waals surface area (Å²) in [5.41, 5.74) is 4.29. The molecule has 0 saturated heterocycles. The Kier molecular flexibility index (Phi) is 7.07. The van der Waals surface area contributed by atoms with Crippen LogP contribution in [0.2, 0.25) is 0 Å². The van der Waals surface area contributed by atoms with Gasteiger partial charge in [0.1, 0.15) is 0 Å². The largest absolute Gasteiger partial charge is 0.377 e. The average Bonchev–Trinajstić information content (AvgIpc) is 3.17. The highest BCUT2D eigenvalue weighted by molar-refractivity contribution is 6.28. The SMILES string of the molecule is CCC(F)(F)c1cccc(NC(=O)C2C(=O)N(c3ccc(N(C)C)c(-c4ncccc4C)c3)N=C2C)c1. The summed E-state index contributed by atoms with van der Waals surface area (Å²) in [5.74, 6) is -5.34. The predicted octanol–water partition coefficient (Wildman–Crippen LogP) is 5.60. The van der Waals surface area contributed by atoms with Crippen molar-refractivity contribution < 1.29 is 18.4 Å². The molecule has 1 unspecified atom stereocenters. The molecule has 1 atom stereocenters. The fourth-order valence-electron chi connectivity index (χ4n) is 4.30. The molecule has 1 aliphatic rings. The molecule has 2 aromatic carbocycles. The summed E-state index contributed by atoms with van der Waals surface area (Å²) in [6, 6.07) is 14.8. The van der Waals surface area contributed by atoms with Crippen molar-refractivity contribution in [2.24, 2.45) is 11.0 Å². The number of rotatable bonds is 7. The van der Waals surface area contributed by atoms with E-state index in [4.69, 9.17) is 0 Å². The van der Waals surface area contributed by atoms with Gasteiger partial charge in [-0.25, -0.2) is 8.78 Å². The van der Waals surface area contributed by atoms with E-state index in [0.717, 1.165) is 22.5 Å². The molecular weight excluding hydrogens is 476 g/mol. The van der Waals surface area contributed by atoms with Crippen molar-refractivity contribution in [3.63, 3.8) is 0 Å². The van der Waals surface area contributed by atoms with Crippen molar-refractivity contribution in [2.75, 3.05) is 29.3 Å². The number of hydrogen-bond donors (Lipinski definition) is 1. The summed E-state index contributed by atoms with van der Waals surface area (Å²) in [7, 11) is 3.84. The van der Waals surface area contributed by atoms with E-state index >= 15 is 0 Å². The summed E-state index contributed by atoms with van der Waals surface area (Å²) in [5, 5.41) is 8.19. The van der Waals surface area contributed by atoms with Gasteiger partial charge >= 0.3 is 0 Å². The van der Waals surface area contributed by atoms with Crippen LogP contribution in [-0.4, -0.2) is 36.6 Å². The number of pyridine rings is 1. The summed E-state index contributed by atoms with van der Waals surface area (Å²) >= 11 is 0. The first-order valence-electron chi connectivity index (χ1n) is 11.9. The highest BCUT2D eigenvalue weighted by atomic mass is 19.3. The lowest BCUT2D eigenvalue weighted by molar-refractivity contribution is -0.127. The van der Waals surface area contributed by atoms with Gasteiger partial charge < -0.3 is 10.2 Å². The Labute approximate surface area is 214 Å². The monoisotopic (exact) mass is 505 g/mol. The quantitative estimate of drug-likeness (QED) is 0.424. The van der Waals surface area contributed by atoms with E-state index in [-0.39, 0.29) is 17.7 Å².